The zero-order chi connectivity index (χ0) is 25.0. The molecule has 0 aliphatic carbocycles. The predicted molar refractivity (Wildman–Crippen MR) is 136 cm³/mol. The van der Waals surface area contributed by atoms with Crippen LogP contribution < -0.4 is 5.73 Å². The topological polar surface area (TPSA) is 114 Å². The number of anilines is 1. The Balaban J connectivity index is 1.77. The maximum absolute atomic E-state index is 11.5. The summed E-state index contributed by atoms with van der Waals surface area (Å²) in [6.45, 7) is 17.7. The van der Waals surface area contributed by atoms with Gasteiger partial charge in [-0.3, -0.25) is 0 Å². The molecule has 3 N–H and O–H groups in total. The van der Waals surface area contributed by atoms with Gasteiger partial charge in [0.15, 0.2) is 6.23 Å². The molecular formula is C23H40N4O5Si2. The van der Waals surface area contributed by atoms with Crippen molar-refractivity contribution in [3.8, 4) is 0 Å². The fourth-order valence-electron chi connectivity index (χ4n) is 5.56. The molecule has 2 aromatic rings. The third-order valence-corrected chi connectivity index (χ3v) is 17.7. The third kappa shape index (κ3) is 3.95. The van der Waals surface area contributed by atoms with Gasteiger partial charge in [0.25, 0.3) is 0 Å². The van der Waals surface area contributed by atoms with Gasteiger partial charge in [0.05, 0.1) is 12.0 Å². The lowest BCUT2D eigenvalue weighted by atomic mass is 10.1. The van der Waals surface area contributed by atoms with Gasteiger partial charge in [-0.1, -0.05) is 55.4 Å². The maximum Gasteiger partial charge on any atom is 0.335 e. The standard InChI is InChI=1S/C23H40N4O5Si2/c1-13(2)33(14(3)4)29-11-18-20(31-34(32-33,15(5)6)16(7)8)19(28)23(30-18)27-10-9-17-21(24)25-12-26-22(17)27/h9-10,12-16,18-20,23,28H,11H2,1-8H3,(H2,24,25,26)/t18-,19-,20-,23-/m1/s1. The molecule has 11 heteroatoms. The number of ether oxygens (including phenoxy) is 1. The second-order valence-corrected chi connectivity index (χ2v) is 19.7. The zero-order valence-electron chi connectivity index (χ0n) is 21.6. The quantitative estimate of drug-likeness (QED) is 0.577. The molecule has 4 atom stereocenters. The number of hydrogen-bond acceptors (Lipinski definition) is 8. The molecule has 2 fully saturated rings. The SMILES string of the molecule is CC(C)[Si]1(C(C)C)OC[C@H]2O[C@@H](n3ccc4c(N)ncnc43)[C@H](O)[C@@H]2O[Si](C(C)C)(C(C)C)O1. The highest BCUT2D eigenvalue weighted by Crippen LogP contribution is 2.48. The summed E-state index contributed by atoms with van der Waals surface area (Å²) in [4.78, 5) is 8.46. The van der Waals surface area contributed by atoms with Crippen molar-refractivity contribution >= 4 is 34.0 Å². The van der Waals surface area contributed by atoms with E-state index >= 15 is 0 Å². The Morgan fingerprint density at radius 2 is 1.62 bits per heavy atom. The Morgan fingerprint density at radius 1 is 1.00 bits per heavy atom. The minimum Gasteiger partial charge on any atom is -0.414 e. The highest BCUT2D eigenvalue weighted by molar-refractivity contribution is 6.84. The van der Waals surface area contributed by atoms with E-state index in [-0.39, 0.29) is 22.2 Å². The van der Waals surface area contributed by atoms with Gasteiger partial charge in [-0.25, -0.2) is 9.97 Å². The van der Waals surface area contributed by atoms with Crippen molar-refractivity contribution in [2.75, 3.05) is 12.3 Å². The van der Waals surface area contributed by atoms with E-state index in [1.165, 1.54) is 6.33 Å². The summed E-state index contributed by atoms with van der Waals surface area (Å²) >= 11 is 0. The number of aliphatic hydroxyl groups excluding tert-OH is 1. The van der Waals surface area contributed by atoms with Gasteiger partial charge in [0.1, 0.15) is 36.1 Å². The van der Waals surface area contributed by atoms with Crippen LogP contribution in [-0.2, 0) is 17.7 Å². The predicted octanol–water partition coefficient (Wildman–Crippen LogP) is 4.23. The Kier molecular flexibility index (Phi) is 7.02. The van der Waals surface area contributed by atoms with Crippen LogP contribution in [0.25, 0.3) is 11.0 Å². The van der Waals surface area contributed by atoms with Crippen molar-refractivity contribution in [3.63, 3.8) is 0 Å². The first kappa shape index (κ1) is 25.7. The van der Waals surface area contributed by atoms with E-state index in [1.807, 2.05) is 16.8 Å². The summed E-state index contributed by atoms with van der Waals surface area (Å²) in [7, 11) is -5.51. The average molecular weight is 509 g/mol. The normalized spacial score (nSPS) is 29.2. The highest BCUT2D eigenvalue weighted by Gasteiger charge is 2.61. The van der Waals surface area contributed by atoms with Crippen LogP contribution in [0.15, 0.2) is 18.6 Å². The van der Waals surface area contributed by atoms with Gasteiger partial charge in [-0.15, -0.1) is 0 Å². The van der Waals surface area contributed by atoms with E-state index in [0.29, 0.717) is 18.1 Å². The monoisotopic (exact) mass is 508 g/mol. The van der Waals surface area contributed by atoms with Crippen molar-refractivity contribution in [1.82, 2.24) is 14.5 Å². The van der Waals surface area contributed by atoms with Crippen LogP contribution in [0.4, 0.5) is 5.82 Å². The summed E-state index contributed by atoms with van der Waals surface area (Å²) in [6.07, 6.45) is 0.673. The molecule has 0 spiro atoms. The van der Waals surface area contributed by atoms with E-state index in [1.54, 1.807) is 0 Å². The van der Waals surface area contributed by atoms with Gasteiger partial charge in [0.2, 0.25) is 0 Å². The highest BCUT2D eigenvalue weighted by atomic mass is 28.5. The molecule has 0 aromatic carbocycles. The second-order valence-electron chi connectivity index (χ2n) is 10.8. The molecule has 190 valence electrons. The van der Waals surface area contributed by atoms with Crippen LogP contribution in [-0.4, -0.2) is 61.7 Å². The van der Waals surface area contributed by atoms with Crippen molar-refractivity contribution in [2.45, 2.75) is 102 Å². The van der Waals surface area contributed by atoms with E-state index in [4.69, 9.17) is 23.4 Å². The number of nitrogen functional groups attached to an aromatic ring is 1. The van der Waals surface area contributed by atoms with Gasteiger partial charge >= 0.3 is 17.1 Å². The van der Waals surface area contributed by atoms with E-state index in [2.05, 4.69) is 65.4 Å². The van der Waals surface area contributed by atoms with Gasteiger partial charge in [-0.2, -0.15) is 0 Å². The molecule has 2 aromatic heterocycles. The van der Waals surface area contributed by atoms with Crippen molar-refractivity contribution in [2.24, 2.45) is 0 Å². The third-order valence-electron chi connectivity index (χ3n) is 7.46. The summed E-state index contributed by atoms with van der Waals surface area (Å²) in [5, 5.41) is 12.2. The molecule has 2 saturated heterocycles. The van der Waals surface area contributed by atoms with Crippen LogP contribution in [0.3, 0.4) is 0 Å². The van der Waals surface area contributed by atoms with Crippen LogP contribution >= 0.6 is 0 Å². The fourth-order valence-corrected chi connectivity index (χ4v) is 16.8. The molecule has 0 amide bonds. The fraction of sp³-hybridized carbons (Fsp3) is 0.739. The molecule has 2 aliphatic rings. The summed E-state index contributed by atoms with van der Waals surface area (Å²) in [5.74, 6) is 0.394. The Bertz CT molecular complexity index is 998. The molecule has 4 heterocycles. The van der Waals surface area contributed by atoms with Crippen LogP contribution in [0, 0.1) is 0 Å². The first-order chi connectivity index (χ1) is 15.9. The summed E-state index contributed by atoms with van der Waals surface area (Å²) < 4.78 is 29.2. The molecule has 0 unspecified atom stereocenters. The largest absolute Gasteiger partial charge is 0.414 e. The van der Waals surface area contributed by atoms with E-state index in [0.717, 1.165) is 5.39 Å². The maximum atomic E-state index is 11.5. The first-order valence-electron chi connectivity index (χ1n) is 12.4. The van der Waals surface area contributed by atoms with Crippen molar-refractivity contribution in [1.29, 1.82) is 0 Å². The lowest BCUT2D eigenvalue weighted by Crippen LogP contribution is -2.65. The molecular weight excluding hydrogens is 468 g/mol. The molecule has 2 aliphatic heterocycles. The molecule has 9 nitrogen and oxygen atoms in total. The smallest absolute Gasteiger partial charge is 0.335 e. The number of fused-ring (bicyclic) bond motifs is 2. The van der Waals surface area contributed by atoms with Gasteiger partial charge in [-0.05, 0) is 28.2 Å². The molecule has 34 heavy (non-hydrogen) atoms. The minimum absolute atomic E-state index is 0.172. The number of aliphatic hydroxyl groups is 1. The average Bonchev–Trinajstić information content (AvgIpc) is 3.29. The molecule has 0 saturated carbocycles. The number of aromatic nitrogens is 3. The molecule has 4 rings (SSSR count). The van der Waals surface area contributed by atoms with Gasteiger partial charge < -0.3 is 33.1 Å². The number of nitrogens with two attached hydrogens (primary N) is 1. The number of rotatable bonds is 5. The van der Waals surface area contributed by atoms with Crippen LogP contribution in [0.2, 0.25) is 22.2 Å². The summed E-state index contributed by atoms with van der Waals surface area (Å²) in [5.41, 5.74) is 7.48. The number of hydrogen-bond donors (Lipinski definition) is 2. The van der Waals surface area contributed by atoms with E-state index < -0.39 is 41.7 Å². The Hall–Kier alpha value is -1.35. The number of nitrogens with zero attached hydrogens (tertiary/aromatic N) is 3. The molecule has 0 radical (unpaired) electrons. The molecule has 0 bridgehead atoms. The lowest BCUT2D eigenvalue weighted by molar-refractivity contribution is -0.0568. The first-order valence-corrected chi connectivity index (χ1v) is 16.3. The zero-order valence-corrected chi connectivity index (χ0v) is 23.6. The van der Waals surface area contributed by atoms with Crippen LogP contribution in [0.1, 0.15) is 61.6 Å². The van der Waals surface area contributed by atoms with Gasteiger partial charge in [0, 0.05) is 6.20 Å². The summed E-state index contributed by atoms with van der Waals surface area (Å²) in [6, 6.07) is 1.85. The Labute approximate surface area is 204 Å². The van der Waals surface area contributed by atoms with Crippen molar-refractivity contribution in [3.05, 3.63) is 18.6 Å². The lowest BCUT2D eigenvalue weighted by Gasteiger charge is -2.51. The van der Waals surface area contributed by atoms with Crippen molar-refractivity contribution < 1.29 is 22.8 Å². The van der Waals surface area contributed by atoms with E-state index in [9.17, 15) is 5.11 Å². The van der Waals surface area contributed by atoms with Crippen LogP contribution in [0.5, 0.6) is 0 Å². The second kappa shape index (κ2) is 9.27. The Morgan fingerprint density at radius 3 is 2.21 bits per heavy atom. The minimum atomic E-state index is -2.84.